The molecule has 2 aromatic carbocycles. The van der Waals surface area contributed by atoms with Crippen LogP contribution in [0.3, 0.4) is 0 Å². The second kappa shape index (κ2) is 10.1. The SMILES string of the molecule is CCCCOc1ccc2c(sc3c(F)c(OC(F)(F)C4CCC(CCC)CC4)ccc32)c1F. The summed E-state index contributed by atoms with van der Waals surface area (Å²) in [5.41, 5.74) is 0. The first kappa shape index (κ1) is 24.1. The van der Waals surface area contributed by atoms with E-state index in [0.717, 1.165) is 49.9 Å². The summed E-state index contributed by atoms with van der Waals surface area (Å²) in [6, 6.07) is 5.97. The minimum absolute atomic E-state index is 0.106. The highest BCUT2D eigenvalue weighted by molar-refractivity contribution is 7.25. The topological polar surface area (TPSA) is 18.5 Å². The minimum atomic E-state index is -3.45. The molecule has 0 amide bonds. The monoisotopic (exact) mass is 482 g/mol. The molecule has 1 aromatic heterocycles. The molecule has 2 nitrogen and oxygen atoms in total. The number of halogens is 4. The van der Waals surface area contributed by atoms with Crippen molar-refractivity contribution in [2.24, 2.45) is 11.8 Å². The Morgan fingerprint density at radius 2 is 1.48 bits per heavy atom. The number of fused-ring (bicyclic) bond motifs is 3. The van der Waals surface area contributed by atoms with Gasteiger partial charge in [0.15, 0.2) is 23.1 Å². The Morgan fingerprint density at radius 3 is 2.09 bits per heavy atom. The lowest BCUT2D eigenvalue weighted by Gasteiger charge is -2.33. The van der Waals surface area contributed by atoms with Crippen LogP contribution in [0.15, 0.2) is 24.3 Å². The van der Waals surface area contributed by atoms with Crippen LogP contribution in [0.2, 0.25) is 0 Å². The fraction of sp³-hybridized carbons (Fsp3) is 0.538. The second-order valence-corrected chi connectivity index (χ2v) is 10.0. The van der Waals surface area contributed by atoms with Gasteiger partial charge in [-0.15, -0.1) is 11.3 Å². The van der Waals surface area contributed by atoms with Gasteiger partial charge in [-0.05, 0) is 62.3 Å². The molecule has 3 aromatic rings. The summed E-state index contributed by atoms with van der Waals surface area (Å²) in [5.74, 6) is -2.25. The van der Waals surface area contributed by atoms with Gasteiger partial charge in [0.1, 0.15) is 0 Å². The van der Waals surface area contributed by atoms with Crippen LogP contribution in [0.4, 0.5) is 17.6 Å². The van der Waals surface area contributed by atoms with Crippen LogP contribution in [0.1, 0.15) is 65.2 Å². The van der Waals surface area contributed by atoms with Crippen molar-refractivity contribution in [1.82, 2.24) is 0 Å². The summed E-state index contributed by atoms with van der Waals surface area (Å²) < 4.78 is 70.8. The van der Waals surface area contributed by atoms with Gasteiger partial charge in [-0.25, -0.2) is 8.78 Å². The van der Waals surface area contributed by atoms with Gasteiger partial charge in [0.25, 0.3) is 0 Å². The quantitative estimate of drug-likeness (QED) is 0.224. The molecule has 4 rings (SSSR count). The highest BCUT2D eigenvalue weighted by Crippen LogP contribution is 2.45. The van der Waals surface area contributed by atoms with Crippen molar-refractivity contribution in [1.29, 1.82) is 0 Å². The second-order valence-electron chi connectivity index (χ2n) is 8.98. The van der Waals surface area contributed by atoms with E-state index in [9.17, 15) is 13.2 Å². The summed E-state index contributed by atoms with van der Waals surface area (Å²) in [5, 5.41) is 1.00. The molecule has 33 heavy (non-hydrogen) atoms. The van der Waals surface area contributed by atoms with E-state index < -0.39 is 29.4 Å². The third-order valence-corrected chi connectivity index (χ3v) is 7.84. The molecule has 1 fully saturated rings. The molecule has 0 N–H and O–H groups in total. The number of hydrogen-bond acceptors (Lipinski definition) is 3. The lowest BCUT2D eigenvalue weighted by atomic mass is 9.79. The summed E-state index contributed by atoms with van der Waals surface area (Å²) >= 11 is 0.895. The highest BCUT2D eigenvalue weighted by atomic mass is 32.1. The molecule has 1 aliphatic carbocycles. The summed E-state index contributed by atoms with van der Waals surface area (Å²) in [6.07, 6.45) is 2.61. The van der Waals surface area contributed by atoms with Crippen molar-refractivity contribution in [3.8, 4) is 11.5 Å². The van der Waals surface area contributed by atoms with Crippen molar-refractivity contribution in [3.05, 3.63) is 35.9 Å². The molecule has 0 saturated heterocycles. The van der Waals surface area contributed by atoms with Gasteiger partial charge in [0.2, 0.25) is 0 Å². The average Bonchev–Trinajstić information content (AvgIpc) is 3.18. The van der Waals surface area contributed by atoms with Gasteiger partial charge in [-0.1, -0.05) is 33.1 Å². The fourth-order valence-corrected chi connectivity index (χ4v) is 5.90. The van der Waals surface area contributed by atoms with E-state index in [-0.39, 0.29) is 15.1 Å². The summed E-state index contributed by atoms with van der Waals surface area (Å²) in [4.78, 5) is 0. The third-order valence-electron chi connectivity index (χ3n) is 6.64. The summed E-state index contributed by atoms with van der Waals surface area (Å²) in [6.45, 7) is 4.51. The van der Waals surface area contributed by atoms with Crippen molar-refractivity contribution < 1.29 is 27.0 Å². The Kier molecular flexibility index (Phi) is 7.37. The van der Waals surface area contributed by atoms with Crippen LogP contribution < -0.4 is 9.47 Å². The third kappa shape index (κ3) is 4.93. The van der Waals surface area contributed by atoms with Gasteiger partial charge >= 0.3 is 6.11 Å². The van der Waals surface area contributed by atoms with Crippen LogP contribution in [0.25, 0.3) is 20.2 Å². The number of alkyl halides is 2. The number of unbranched alkanes of at least 4 members (excludes halogenated alkanes) is 1. The summed E-state index contributed by atoms with van der Waals surface area (Å²) in [7, 11) is 0. The molecule has 1 saturated carbocycles. The average molecular weight is 483 g/mol. The zero-order valence-electron chi connectivity index (χ0n) is 19.1. The Balaban J connectivity index is 1.58. The van der Waals surface area contributed by atoms with Gasteiger partial charge in [0.05, 0.1) is 21.9 Å². The predicted molar refractivity (Wildman–Crippen MR) is 126 cm³/mol. The van der Waals surface area contributed by atoms with Crippen LogP contribution in [-0.4, -0.2) is 12.7 Å². The Labute approximate surface area is 195 Å². The van der Waals surface area contributed by atoms with Crippen molar-refractivity contribution in [3.63, 3.8) is 0 Å². The Hall–Kier alpha value is -2.02. The van der Waals surface area contributed by atoms with Gasteiger partial charge in [-0.2, -0.15) is 8.78 Å². The zero-order chi connectivity index (χ0) is 23.6. The van der Waals surface area contributed by atoms with Crippen molar-refractivity contribution in [2.75, 3.05) is 6.61 Å². The molecule has 7 heteroatoms. The van der Waals surface area contributed by atoms with Crippen LogP contribution >= 0.6 is 11.3 Å². The molecular formula is C26H30F4O2S. The van der Waals surface area contributed by atoms with E-state index in [1.54, 1.807) is 6.07 Å². The standard InChI is InChI=1S/C26H30F4O2S/c1-3-5-15-31-20-13-11-18-19-12-14-21(23(28)25(19)33-24(18)22(20)27)32-26(29,30)17-9-7-16(6-4-2)8-10-17/h11-14,16-17H,3-10,15H2,1-2H3. The molecule has 1 heterocycles. The van der Waals surface area contributed by atoms with Gasteiger partial charge < -0.3 is 9.47 Å². The van der Waals surface area contributed by atoms with Crippen LogP contribution in [0, 0.1) is 23.5 Å². The minimum Gasteiger partial charge on any atom is -0.490 e. The van der Waals surface area contributed by atoms with E-state index >= 15 is 4.39 Å². The fourth-order valence-electron chi connectivity index (χ4n) is 4.74. The molecular weight excluding hydrogens is 452 g/mol. The number of benzene rings is 2. The highest BCUT2D eigenvalue weighted by Gasteiger charge is 2.44. The van der Waals surface area contributed by atoms with Crippen molar-refractivity contribution >= 4 is 31.5 Å². The maximum atomic E-state index is 15.2. The Bertz CT molecular complexity index is 1100. The molecule has 1 aliphatic rings. The number of ether oxygens (including phenoxy) is 2. The number of hydrogen-bond donors (Lipinski definition) is 0. The smallest absolute Gasteiger partial charge is 0.400 e. The lowest BCUT2D eigenvalue weighted by molar-refractivity contribution is -0.224. The molecule has 0 aliphatic heterocycles. The molecule has 0 bridgehead atoms. The zero-order valence-corrected chi connectivity index (χ0v) is 19.9. The maximum absolute atomic E-state index is 15.2. The van der Waals surface area contributed by atoms with Crippen molar-refractivity contribution in [2.45, 2.75) is 71.3 Å². The first-order chi connectivity index (χ1) is 15.9. The van der Waals surface area contributed by atoms with Crippen LogP contribution in [0.5, 0.6) is 11.5 Å². The van der Waals surface area contributed by atoms with Gasteiger partial charge in [0, 0.05) is 10.8 Å². The molecule has 0 unspecified atom stereocenters. The van der Waals surface area contributed by atoms with E-state index in [4.69, 9.17) is 9.47 Å². The molecule has 0 atom stereocenters. The van der Waals surface area contributed by atoms with E-state index in [1.165, 1.54) is 18.2 Å². The molecule has 180 valence electrons. The van der Waals surface area contributed by atoms with E-state index in [0.29, 0.717) is 36.1 Å². The number of thiophene rings is 1. The molecule has 0 radical (unpaired) electrons. The maximum Gasteiger partial charge on any atom is 0.400 e. The predicted octanol–water partition coefficient (Wildman–Crippen LogP) is 9.09. The Morgan fingerprint density at radius 1 is 0.879 bits per heavy atom. The van der Waals surface area contributed by atoms with E-state index in [2.05, 4.69) is 6.92 Å². The van der Waals surface area contributed by atoms with E-state index in [1.807, 2.05) is 6.92 Å². The van der Waals surface area contributed by atoms with Crippen LogP contribution in [-0.2, 0) is 0 Å². The lowest BCUT2D eigenvalue weighted by Crippen LogP contribution is -2.37. The largest absolute Gasteiger partial charge is 0.490 e. The van der Waals surface area contributed by atoms with Gasteiger partial charge in [-0.3, -0.25) is 0 Å². The number of rotatable bonds is 9. The molecule has 0 spiro atoms. The first-order valence-electron chi connectivity index (χ1n) is 11.9. The first-order valence-corrected chi connectivity index (χ1v) is 12.7. The normalized spacial score (nSPS) is 19.3.